The van der Waals surface area contributed by atoms with Crippen molar-refractivity contribution in [1.29, 1.82) is 0 Å². The van der Waals surface area contributed by atoms with Gasteiger partial charge in [0.2, 0.25) is 6.79 Å². The third kappa shape index (κ3) is 1.43. The first-order valence-corrected chi connectivity index (χ1v) is 6.16. The Morgan fingerprint density at radius 3 is 2.89 bits per heavy atom. The number of nitrogens with one attached hydrogen (secondary N) is 1. The zero-order valence-electron chi connectivity index (χ0n) is 9.70. The minimum atomic E-state index is -0.150. The molecule has 0 spiro atoms. The molecule has 0 bridgehead atoms. The fourth-order valence-corrected chi connectivity index (χ4v) is 2.62. The van der Waals surface area contributed by atoms with Crippen molar-refractivity contribution in [2.75, 3.05) is 6.79 Å². The van der Waals surface area contributed by atoms with E-state index < -0.39 is 0 Å². The lowest BCUT2D eigenvalue weighted by molar-refractivity contribution is 0.175. The highest BCUT2D eigenvalue weighted by molar-refractivity contribution is 6.31. The van der Waals surface area contributed by atoms with Crippen molar-refractivity contribution in [2.45, 2.75) is 0 Å². The van der Waals surface area contributed by atoms with Crippen molar-refractivity contribution < 1.29 is 9.47 Å². The summed E-state index contributed by atoms with van der Waals surface area (Å²) in [5.74, 6) is 1.26. The average molecular weight is 274 g/mol. The molecular formula is C14H8ClNO3. The van der Waals surface area contributed by atoms with Crippen molar-refractivity contribution in [3.05, 3.63) is 45.7 Å². The molecule has 4 nitrogen and oxygen atoms in total. The highest BCUT2D eigenvalue weighted by atomic mass is 35.5. The lowest BCUT2D eigenvalue weighted by Gasteiger charge is -2.07. The zero-order chi connectivity index (χ0) is 13.0. The van der Waals surface area contributed by atoms with Gasteiger partial charge < -0.3 is 14.5 Å². The van der Waals surface area contributed by atoms with Crippen molar-refractivity contribution in [3.8, 4) is 11.5 Å². The van der Waals surface area contributed by atoms with E-state index >= 15 is 0 Å². The van der Waals surface area contributed by atoms with Crippen LogP contribution in [0.15, 0.2) is 35.1 Å². The predicted octanol–water partition coefficient (Wildman–Crippen LogP) is 3.06. The van der Waals surface area contributed by atoms with Gasteiger partial charge in [-0.05, 0) is 30.3 Å². The number of rotatable bonds is 0. The van der Waals surface area contributed by atoms with E-state index in [1.54, 1.807) is 24.3 Å². The van der Waals surface area contributed by atoms with Crippen LogP contribution in [0, 0.1) is 0 Å². The summed E-state index contributed by atoms with van der Waals surface area (Å²) in [6, 6.07) is 8.83. The zero-order valence-corrected chi connectivity index (χ0v) is 10.5. The molecule has 0 fully saturated rings. The maximum absolute atomic E-state index is 12.1. The molecule has 0 amide bonds. The van der Waals surface area contributed by atoms with E-state index in [9.17, 15) is 4.79 Å². The Morgan fingerprint density at radius 1 is 1.11 bits per heavy atom. The summed E-state index contributed by atoms with van der Waals surface area (Å²) >= 11 is 6.05. The van der Waals surface area contributed by atoms with Crippen molar-refractivity contribution in [2.24, 2.45) is 0 Å². The largest absolute Gasteiger partial charge is 0.454 e. The Labute approximate surface area is 112 Å². The molecule has 94 valence electrons. The van der Waals surface area contributed by atoms with Gasteiger partial charge >= 0.3 is 0 Å². The molecule has 19 heavy (non-hydrogen) atoms. The lowest BCUT2D eigenvalue weighted by Crippen LogP contribution is -2.06. The van der Waals surface area contributed by atoms with Gasteiger partial charge in [0.25, 0.3) is 5.56 Å². The smallest absolute Gasteiger partial charge is 0.256 e. The Balaban J connectivity index is 2.32. The van der Waals surface area contributed by atoms with E-state index in [1.807, 2.05) is 6.07 Å². The van der Waals surface area contributed by atoms with Crippen LogP contribution in [0.3, 0.4) is 0 Å². The fraction of sp³-hybridized carbons (Fsp3) is 0.0714. The maximum Gasteiger partial charge on any atom is 0.256 e. The molecule has 0 unspecified atom stereocenters. The molecule has 3 aromatic rings. The van der Waals surface area contributed by atoms with Gasteiger partial charge in [0.05, 0.1) is 5.39 Å². The fourth-order valence-electron chi connectivity index (χ4n) is 2.45. The number of pyridine rings is 1. The third-order valence-corrected chi connectivity index (χ3v) is 3.52. The molecule has 0 radical (unpaired) electrons. The molecule has 0 saturated heterocycles. The van der Waals surface area contributed by atoms with Crippen molar-refractivity contribution >= 4 is 33.3 Å². The SMILES string of the molecule is O=c1[nH]c2ccc(Cl)cc2c2c3c(ccc12)OCO3. The first-order chi connectivity index (χ1) is 9.24. The van der Waals surface area contributed by atoms with Crippen LogP contribution in [0.25, 0.3) is 21.7 Å². The lowest BCUT2D eigenvalue weighted by atomic mass is 10.1. The van der Waals surface area contributed by atoms with Crippen molar-refractivity contribution in [3.63, 3.8) is 0 Å². The van der Waals surface area contributed by atoms with E-state index in [4.69, 9.17) is 21.1 Å². The summed E-state index contributed by atoms with van der Waals surface area (Å²) < 4.78 is 10.9. The first kappa shape index (κ1) is 10.7. The first-order valence-electron chi connectivity index (χ1n) is 5.78. The number of halogens is 1. The van der Waals surface area contributed by atoms with Crippen LogP contribution in [0.5, 0.6) is 11.5 Å². The Bertz CT molecular complexity index is 885. The molecule has 1 aliphatic heterocycles. The van der Waals surface area contributed by atoms with E-state index in [0.717, 1.165) is 16.3 Å². The number of aromatic nitrogens is 1. The van der Waals surface area contributed by atoms with Gasteiger partial charge in [-0.2, -0.15) is 0 Å². The van der Waals surface area contributed by atoms with Crippen LogP contribution < -0.4 is 15.0 Å². The van der Waals surface area contributed by atoms with E-state index in [-0.39, 0.29) is 12.4 Å². The Hall–Kier alpha value is -2.20. The minimum Gasteiger partial charge on any atom is -0.454 e. The van der Waals surface area contributed by atoms with Crippen LogP contribution in [-0.4, -0.2) is 11.8 Å². The molecule has 2 heterocycles. The van der Waals surface area contributed by atoms with E-state index in [2.05, 4.69) is 4.98 Å². The quantitative estimate of drug-likeness (QED) is 0.641. The number of aromatic amines is 1. The number of fused-ring (bicyclic) bond motifs is 5. The van der Waals surface area contributed by atoms with Gasteiger partial charge in [-0.3, -0.25) is 4.79 Å². The number of hydrogen-bond acceptors (Lipinski definition) is 3. The molecule has 1 aromatic heterocycles. The van der Waals surface area contributed by atoms with E-state index in [0.29, 0.717) is 21.9 Å². The number of hydrogen-bond donors (Lipinski definition) is 1. The number of H-pyrrole nitrogens is 1. The molecule has 2 aromatic carbocycles. The minimum absolute atomic E-state index is 0.150. The monoisotopic (exact) mass is 273 g/mol. The molecule has 0 atom stereocenters. The molecule has 5 heteroatoms. The third-order valence-electron chi connectivity index (χ3n) is 3.28. The molecule has 0 aliphatic carbocycles. The summed E-state index contributed by atoms with van der Waals surface area (Å²) in [6.45, 7) is 0.170. The van der Waals surface area contributed by atoms with Gasteiger partial charge in [0, 0.05) is 21.3 Å². The maximum atomic E-state index is 12.1. The number of benzene rings is 2. The molecule has 4 rings (SSSR count). The predicted molar refractivity (Wildman–Crippen MR) is 73.2 cm³/mol. The van der Waals surface area contributed by atoms with Crippen LogP contribution >= 0.6 is 11.6 Å². The van der Waals surface area contributed by atoms with Crippen molar-refractivity contribution in [1.82, 2.24) is 4.98 Å². The second kappa shape index (κ2) is 3.65. The second-order valence-electron chi connectivity index (χ2n) is 4.37. The highest BCUT2D eigenvalue weighted by Crippen LogP contribution is 2.41. The molecule has 1 aliphatic rings. The van der Waals surface area contributed by atoms with Gasteiger partial charge in [-0.15, -0.1) is 0 Å². The number of ether oxygens (including phenoxy) is 2. The molecule has 0 saturated carbocycles. The topological polar surface area (TPSA) is 51.3 Å². The average Bonchev–Trinajstić information content (AvgIpc) is 2.87. The Kier molecular flexibility index (Phi) is 2.05. The van der Waals surface area contributed by atoms with Crippen LogP contribution in [0.4, 0.5) is 0 Å². The molecular weight excluding hydrogens is 266 g/mol. The van der Waals surface area contributed by atoms with Gasteiger partial charge in [0.15, 0.2) is 11.5 Å². The summed E-state index contributed by atoms with van der Waals surface area (Å²) in [4.78, 5) is 14.9. The summed E-state index contributed by atoms with van der Waals surface area (Å²) in [5.41, 5.74) is 0.578. The Morgan fingerprint density at radius 2 is 2.00 bits per heavy atom. The van der Waals surface area contributed by atoms with Gasteiger partial charge in [0.1, 0.15) is 0 Å². The summed E-state index contributed by atoms with van der Waals surface area (Å²) in [7, 11) is 0. The summed E-state index contributed by atoms with van der Waals surface area (Å²) in [5, 5.41) is 2.78. The summed E-state index contributed by atoms with van der Waals surface area (Å²) in [6.07, 6.45) is 0. The standard InChI is InChI=1S/C14H8ClNO3/c15-7-1-3-10-9(5-7)12-8(14(17)16-10)2-4-11-13(12)19-6-18-11/h1-5H,6H2,(H,16,17). The van der Waals surface area contributed by atoms with Crippen LogP contribution in [-0.2, 0) is 0 Å². The highest BCUT2D eigenvalue weighted by Gasteiger charge is 2.20. The van der Waals surface area contributed by atoms with E-state index in [1.165, 1.54) is 0 Å². The second-order valence-corrected chi connectivity index (χ2v) is 4.80. The van der Waals surface area contributed by atoms with Crippen LogP contribution in [0.2, 0.25) is 5.02 Å². The van der Waals surface area contributed by atoms with Gasteiger partial charge in [-0.25, -0.2) is 0 Å². The normalized spacial score (nSPS) is 13.3. The van der Waals surface area contributed by atoms with Gasteiger partial charge in [-0.1, -0.05) is 11.6 Å². The van der Waals surface area contributed by atoms with Crippen LogP contribution in [0.1, 0.15) is 0 Å². The molecule has 1 N–H and O–H groups in total.